The maximum absolute atomic E-state index is 5.21. The summed E-state index contributed by atoms with van der Waals surface area (Å²) in [4.78, 5) is 0. The molecule has 0 aromatic carbocycles. The molecule has 1 heterocycles. The molecule has 1 N–H and O–H groups in total. The number of ether oxygens (including phenoxy) is 1. The smallest absolute Gasteiger partial charge is 0.242 e. The summed E-state index contributed by atoms with van der Waals surface area (Å²) in [5.74, 6) is 1.10. The molecule has 5 heteroatoms. The Morgan fingerprint density at radius 1 is 1.50 bits per heavy atom. The second-order valence-corrected chi connectivity index (χ2v) is 2.37. The predicted molar refractivity (Wildman–Crippen MR) is 42.6 cm³/mol. The average molecular weight is 171 g/mol. The first-order chi connectivity index (χ1) is 5.83. The molecule has 0 aliphatic rings. The van der Waals surface area contributed by atoms with Gasteiger partial charge in [-0.2, -0.15) is 0 Å². The summed E-state index contributed by atoms with van der Waals surface area (Å²) in [6.07, 6.45) is 0. The lowest BCUT2D eigenvalue weighted by molar-refractivity contribution is 0.105. The lowest BCUT2D eigenvalue weighted by atomic mass is 10.6. The van der Waals surface area contributed by atoms with Gasteiger partial charge in [0.25, 0.3) is 0 Å². The van der Waals surface area contributed by atoms with E-state index in [1.165, 1.54) is 0 Å². The van der Waals surface area contributed by atoms with Crippen molar-refractivity contribution < 1.29 is 9.15 Å². The van der Waals surface area contributed by atoms with E-state index >= 15 is 0 Å². The lowest BCUT2D eigenvalue weighted by Gasteiger charge is -1.98. The van der Waals surface area contributed by atoms with Gasteiger partial charge in [0, 0.05) is 13.5 Å². The molecule has 0 unspecified atom stereocenters. The standard InChI is InChI=1S/C7H13N3O2/c1-6-9-10-7(12-6)5-11-4-3-8-2/h8H,3-5H2,1-2H3. The number of hydrogen-bond donors (Lipinski definition) is 1. The Hall–Kier alpha value is -0.940. The van der Waals surface area contributed by atoms with Crippen LogP contribution in [0.1, 0.15) is 11.8 Å². The van der Waals surface area contributed by atoms with Crippen LogP contribution in [0, 0.1) is 6.92 Å². The van der Waals surface area contributed by atoms with Crippen LogP contribution in [0.3, 0.4) is 0 Å². The molecule has 0 fully saturated rings. The number of hydrogen-bond acceptors (Lipinski definition) is 5. The van der Waals surface area contributed by atoms with Gasteiger partial charge in [-0.1, -0.05) is 0 Å². The monoisotopic (exact) mass is 171 g/mol. The molecule has 0 amide bonds. The fraction of sp³-hybridized carbons (Fsp3) is 0.714. The summed E-state index contributed by atoms with van der Waals surface area (Å²) in [6.45, 7) is 3.62. The van der Waals surface area contributed by atoms with Crippen molar-refractivity contribution in [3.8, 4) is 0 Å². The number of aryl methyl sites for hydroxylation is 1. The lowest BCUT2D eigenvalue weighted by Crippen LogP contribution is -2.14. The second kappa shape index (κ2) is 4.84. The third-order valence-electron chi connectivity index (χ3n) is 1.29. The van der Waals surface area contributed by atoms with Gasteiger partial charge in [0.2, 0.25) is 11.8 Å². The summed E-state index contributed by atoms with van der Waals surface area (Å²) < 4.78 is 10.3. The van der Waals surface area contributed by atoms with Gasteiger partial charge in [0.1, 0.15) is 6.61 Å². The van der Waals surface area contributed by atoms with Gasteiger partial charge in [-0.15, -0.1) is 10.2 Å². The molecule has 0 spiro atoms. The fourth-order valence-corrected chi connectivity index (χ4v) is 0.730. The van der Waals surface area contributed by atoms with E-state index < -0.39 is 0 Å². The van der Waals surface area contributed by atoms with Crippen LogP contribution < -0.4 is 5.32 Å². The van der Waals surface area contributed by atoms with Gasteiger partial charge in [-0.3, -0.25) is 0 Å². The molecule has 0 radical (unpaired) electrons. The summed E-state index contributed by atoms with van der Waals surface area (Å²) in [6, 6.07) is 0. The number of likely N-dealkylation sites (N-methyl/N-ethyl adjacent to an activating group) is 1. The Morgan fingerprint density at radius 2 is 2.33 bits per heavy atom. The van der Waals surface area contributed by atoms with Crippen molar-refractivity contribution >= 4 is 0 Å². The zero-order valence-corrected chi connectivity index (χ0v) is 7.33. The Labute approximate surface area is 71.1 Å². The van der Waals surface area contributed by atoms with Crippen LogP contribution in [0.5, 0.6) is 0 Å². The van der Waals surface area contributed by atoms with Crippen LogP contribution in [-0.4, -0.2) is 30.4 Å². The zero-order valence-electron chi connectivity index (χ0n) is 7.33. The van der Waals surface area contributed by atoms with E-state index in [-0.39, 0.29) is 0 Å². The summed E-state index contributed by atoms with van der Waals surface area (Å²) in [7, 11) is 1.88. The Morgan fingerprint density at radius 3 is 2.92 bits per heavy atom. The molecule has 0 aliphatic carbocycles. The minimum atomic E-state index is 0.391. The zero-order chi connectivity index (χ0) is 8.81. The Kier molecular flexibility index (Phi) is 3.69. The van der Waals surface area contributed by atoms with E-state index in [1.54, 1.807) is 6.92 Å². The van der Waals surface area contributed by atoms with Gasteiger partial charge in [0.05, 0.1) is 6.61 Å². The summed E-state index contributed by atoms with van der Waals surface area (Å²) in [5, 5.41) is 10.4. The first-order valence-corrected chi connectivity index (χ1v) is 3.84. The molecule has 0 aliphatic heterocycles. The molecule has 12 heavy (non-hydrogen) atoms. The number of aromatic nitrogens is 2. The van der Waals surface area contributed by atoms with Crippen LogP contribution in [0.2, 0.25) is 0 Å². The molecule has 0 atom stereocenters. The molecule has 0 saturated heterocycles. The highest BCUT2D eigenvalue weighted by Crippen LogP contribution is 1.98. The first kappa shape index (κ1) is 9.15. The van der Waals surface area contributed by atoms with E-state index in [9.17, 15) is 0 Å². The first-order valence-electron chi connectivity index (χ1n) is 3.84. The van der Waals surface area contributed by atoms with Gasteiger partial charge < -0.3 is 14.5 Å². The minimum Gasteiger partial charge on any atom is -0.423 e. The van der Waals surface area contributed by atoms with E-state index in [0.29, 0.717) is 25.0 Å². The van der Waals surface area contributed by atoms with Crippen molar-refractivity contribution in [2.45, 2.75) is 13.5 Å². The van der Waals surface area contributed by atoms with Crippen molar-refractivity contribution in [3.63, 3.8) is 0 Å². The highest BCUT2D eigenvalue weighted by molar-refractivity contribution is 4.75. The van der Waals surface area contributed by atoms with Gasteiger partial charge in [0.15, 0.2) is 0 Å². The van der Waals surface area contributed by atoms with Crippen molar-refractivity contribution in [1.82, 2.24) is 15.5 Å². The molecule has 1 aromatic rings. The van der Waals surface area contributed by atoms with Gasteiger partial charge in [-0.25, -0.2) is 0 Å². The number of nitrogens with one attached hydrogen (secondary N) is 1. The van der Waals surface area contributed by atoms with Crippen LogP contribution in [-0.2, 0) is 11.3 Å². The van der Waals surface area contributed by atoms with E-state index in [4.69, 9.17) is 9.15 Å². The Balaban J connectivity index is 2.15. The van der Waals surface area contributed by atoms with Crippen LogP contribution in [0.25, 0.3) is 0 Å². The van der Waals surface area contributed by atoms with Crippen LogP contribution in [0.4, 0.5) is 0 Å². The average Bonchev–Trinajstić information content (AvgIpc) is 2.45. The number of rotatable bonds is 5. The highest BCUT2D eigenvalue weighted by Gasteiger charge is 2.00. The molecule has 0 bridgehead atoms. The summed E-state index contributed by atoms with van der Waals surface area (Å²) >= 11 is 0. The van der Waals surface area contributed by atoms with E-state index in [2.05, 4.69) is 15.5 Å². The van der Waals surface area contributed by atoms with Crippen LogP contribution in [0.15, 0.2) is 4.42 Å². The van der Waals surface area contributed by atoms with E-state index in [1.807, 2.05) is 7.05 Å². The molecular weight excluding hydrogens is 158 g/mol. The second-order valence-electron chi connectivity index (χ2n) is 2.37. The van der Waals surface area contributed by atoms with Crippen molar-refractivity contribution in [2.75, 3.05) is 20.2 Å². The minimum absolute atomic E-state index is 0.391. The normalized spacial score (nSPS) is 10.5. The van der Waals surface area contributed by atoms with Crippen LogP contribution >= 0.6 is 0 Å². The van der Waals surface area contributed by atoms with E-state index in [0.717, 1.165) is 6.54 Å². The molecule has 0 saturated carbocycles. The third-order valence-corrected chi connectivity index (χ3v) is 1.29. The molecule has 68 valence electrons. The van der Waals surface area contributed by atoms with Gasteiger partial charge >= 0.3 is 0 Å². The van der Waals surface area contributed by atoms with Crippen molar-refractivity contribution in [3.05, 3.63) is 11.8 Å². The maximum atomic E-state index is 5.21. The maximum Gasteiger partial charge on any atom is 0.242 e. The predicted octanol–water partition coefficient (Wildman–Crippen LogP) is 0.114. The highest BCUT2D eigenvalue weighted by atomic mass is 16.5. The summed E-state index contributed by atoms with van der Waals surface area (Å²) in [5.41, 5.74) is 0. The largest absolute Gasteiger partial charge is 0.423 e. The SMILES string of the molecule is CNCCOCc1nnc(C)o1. The third kappa shape index (κ3) is 2.98. The van der Waals surface area contributed by atoms with Gasteiger partial charge in [-0.05, 0) is 7.05 Å². The van der Waals surface area contributed by atoms with Crippen molar-refractivity contribution in [2.24, 2.45) is 0 Å². The molecule has 5 nitrogen and oxygen atoms in total. The molecule has 1 aromatic heterocycles. The number of nitrogens with zero attached hydrogens (tertiary/aromatic N) is 2. The quantitative estimate of drug-likeness (QED) is 0.637. The molecule has 1 rings (SSSR count). The fourth-order valence-electron chi connectivity index (χ4n) is 0.730. The van der Waals surface area contributed by atoms with Crippen molar-refractivity contribution in [1.29, 1.82) is 0 Å². The molecular formula is C7H13N3O2. The topological polar surface area (TPSA) is 60.2 Å². The Bertz CT molecular complexity index is 224.